The Bertz CT molecular complexity index is 765. The van der Waals surface area contributed by atoms with Gasteiger partial charge >= 0.3 is 5.97 Å². The molecule has 0 aliphatic heterocycles. The number of hydrogen-bond acceptors (Lipinski definition) is 6. The Balaban J connectivity index is 1.75. The van der Waals surface area contributed by atoms with Gasteiger partial charge in [-0.15, -0.1) is 22.7 Å². The second kappa shape index (κ2) is 6.81. The zero-order valence-electron chi connectivity index (χ0n) is 12.0. The minimum atomic E-state index is -0.385. The maximum absolute atomic E-state index is 11.6. The van der Waals surface area contributed by atoms with E-state index in [1.54, 1.807) is 23.6 Å². The molecule has 6 heteroatoms. The maximum atomic E-state index is 11.6. The summed E-state index contributed by atoms with van der Waals surface area (Å²) in [6.07, 6.45) is 0.807. The van der Waals surface area contributed by atoms with E-state index in [1.807, 2.05) is 23.6 Å². The number of rotatable bonds is 5. The Morgan fingerprint density at radius 3 is 2.73 bits per heavy atom. The van der Waals surface area contributed by atoms with Gasteiger partial charge in [0.05, 0.1) is 11.6 Å². The fourth-order valence-electron chi connectivity index (χ4n) is 1.95. The first-order valence-electron chi connectivity index (χ1n) is 6.87. The second-order valence-corrected chi connectivity index (χ2v) is 6.35. The molecule has 0 saturated carbocycles. The van der Waals surface area contributed by atoms with E-state index in [9.17, 15) is 4.79 Å². The molecular weight excluding hydrogens is 316 g/mol. The molecule has 0 unspecified atom stereocenters. The summed E-state index contributed by atoms with van der Waals surface area (Å²) in [5.74, 6) is -0.385. The van der Waals surface area contributed by atoms with Crippen LogP contribution in [-0.2, 0) is 11.2 Å². The lowest BCUT2D eigenvalue weighted by Crippen LogP contribution is -2.04. The van der Waals surface area contributed by atoms with Gasteiger partial charge in [0.2, 0.25) is 0 Å². The fraction of sp³-hybridized carbons (Fsp3) is 0.188. The van der Waals surface area contributed by atoms with E-state index in [4.69, 9.17) is 4.74 Å². The molecule has 0 fully saturated rings. The van der Waals surface area contributed by atoms with Crippen LogP contribution in [-0.4, -0.2) is 22.5 Å². The summed E-state index contributed by atoms with van der Waals surface area (Å²) in [5.41, 5.74) is 2.39. The van der Waals surface area contributed by atoms with E-state index in [2.05, 4.69) is 22.1 Å². The second-order valence-electron chi connectivity index (χ2n) is 4.55. The van der Waals surface area contributed by atoms with Crippen molar-refractivity contribution in [2.45, 2.75) is 13.3 Å². The number of benzene rings is 1. The normalized spacial score (nSPS) is 10.6. The topological polar surface area (TPSA) is 52.1 Å². The van der Waals surface area contributed by atoms with E-state index in [0.717, 1.165) is 22.1 Å². The van der Waals surface area contributed by atoms with Gasteiger partial charge in [0.1, 0.15) is 10.7 Å². The molecule has 0 aliphatic rings. The average molecular weight is 330 g/mol. The highest BCUT2D eigenvalue weighted by Gasteiger charge is 2.14. The van der Waals surface area contributed by atoms with Crippen LogP contribution in [0.1, 0.15) is 28.0 Å². The summed E-state index contributed by atoms with van der Waals surface area (Å²) in [5, 5.41) is 5.47. The molecule has 2 aromatic heterocycles. The SMILES string of the molecule is CCOC(=O)c1csc(-c2csc(Cc3ccccc3)n2)n1. The first kappa shape index (κ1) is 14.9. The van der Waals surface area contributed by atoms with E-state index < -0.39 is 0 Å². The number of esters is 1. The minimum Gasteiger partial charge on any atom is -0.461 e. The zero-order valence-corrected chi connectivity index (χ0v) is 13.6. The molecule has 0 atom stereocenters. The van der Waals surface area contributed by atoms with Crippen molar-refractivity contribution in [3.8, 4) is 10.7 Å². The smallest absolute Gasteiger partial charge is 0.357 e. The van der Waals surface area contributed by atoms with Crippen LogP contribution in [0.25, 0.3) is 10.7 Å². The predicted octanol–water partition coefficient (Wildman–Crippen LogP) is 4.03. The summed E-state index contributed by atoms with van der Waals surface area (Å²) in [4.78, 5) is 20.6. The van der Waals surface area contributed by atoms with Gasteiger partial charge in [0.15, 0.2) is 5.69 Å². The third kappa shape index (κ3) is 3.40. The Morgan fingerprint density at radius 1 is 1.14 bits per heavy atom. The van der Waals surface area contributed by atoms with E-state index in [-0.39, 0.29) is 5.97 Å². The van der Waals surface area contributed by atoms with Crippen LogP contribution >= 0.6 is 22.7 Å². The van der Waals surface area contributed by atoms with Gasteiger partial charge in [0.25, 0.3) is 0 Å². The molecule has 0 spiro atoms. The molecule has 0 radical (unpaired) electrons. The number of carbonyl (C=O) groups is 1. The Kier molecular flexibility index (Phi) is 4.60. The van der Waals surface area contributed by atoms with Crippen LogP contribution in [0.3, 0.4) is 0 Å². The van der Waals surface area contributed by atoms with Gasteiger partial charge in [-0.3, -0.25) is 0 Å². The van der Waals surface area contributed by atoms with Crippen molar-refractivity contribution in [3.63, 3.8) is 0 Å². The average Bonchev–Trinajstić information content (AvgIpc) is 3.17. The number of thiazole rings is 2. The van der Waals surface area contributed by atoms with Crippen molar-refractivity contribution in [2.75, 3.05) is 6.61 Å². The summed E-state index contributed by atoms with van der Waals surface area (Å²) >= 11 is 3.02. The highest BCUT2D eigenvalue weighted by atomic mass is 32.1. The van der Waals surface area contributed by atoms with Crippen molar-refractivity contribution < 1.29 is 9.53 Å². The third-order valence-corrected chi connectivity index (χ3v) is 4.67. The highest BCUT2D eigenvalue weighted by molar-refractivity contribution is 7.14. The lowest BCUT2D eigenvalue weighted by molar-refractivity contribution is 0.0520. The third-order valence-electron chi connectivity index (χ3n) is 2.96. The molecule has 2 heterocycles. The van der Waals surface area contributed by atoms with Crippen molar-refractivity contribution in [2.24, 2.45) is 0 Å². The van der Waals surface area contributed by atoms with Crippen LogP contribution in [0.4, 0.5) is 0 Å². The van der Waals surface area contributed by atoms with Crippen molar-refractivity contribution in [3.05, 3.63) is 57.4 Å². The van der Waals surface area contributed by atoms with Gasteiger partial charge in [0, 0.05) is 17.2 Å². The van der Waals surface area contributed by atoms with Crippen LogP contribution in [0, 0.1) is 0 Å². The van der Waals surface area contributed by atoms with Crippen LogP contribution in [0.5, 0.6) is 0 Å². The fourth-order valence-corrected chi connectivity index (χ4v) is 3.59. The van der Waals surface area contributed by atoms with Gasteiger partial charge in [-0.25, -0.2) is 14.8 Å². The summed E-state index contributed by atoms with van der Waals surface area (Å²) in [6, 6.07) is 10.2. The zero-order chi connectivity index (χ0) is 15.4. The maximum Gasteiger partial charge on any atom is 0.357 e. The summed E-state index contributed by atoms with van der Waals surface area (Å²) in [6.45, 7) is 2.13. The molecule has 4 nitrogen and oxygen atoms in total. The molecule has 22 heavy (non-hydrogen) atoms. The van der Waals surface area contributed by atoms with Crippen molar-refractivity contribution in [1.82, 2.24) is 9.97 Å². The minimum absolute atomic E-state index is 0.347. The summed E-state index contributed by atoms with van der Waals surface area (Å²) < 4.78 is 4.95. The molecule has 0 aliphatic carbocycles. The van der Waals surface area contributed by atoms with Gasteiger partial charge in [-0.1, -0.05) is 30.3 Å². The van der Waals surface area contributed by atoms with E-state index in [0.29, 0.717) is 12.3 Å². The van der Waals surface area contributed by atoms with Gasteiger partial charge in [-0.2, -0.15) is 0 Å². The first-order chi connectivity index (χ1) is 10.8. The van der Waals surface area contributed by atoms with Crippen LogP contribution < -0.4 is 0 Å². The molecule has 3 aromatic rings. The molecule has 112 valence electrons. The molecule has 1 aromatic carbocycles. The number of aromatic nitrogens is 2. The van der Waals surface area contributed by atoms with Crippen LogP contribution in [0.2, 0.25) is 0 Å². The van der Waals surface area contributed by atoms with Crippen molar-refractivity contribution in [1.29, 1.82) is 0 Å². The standard InChI is InChI=1S/C16H14N2O2S2/c1-2-20-16(19)13-10-22-15(18-13)12-9-21-14(17-12)8-11-6-4-3-5-7-11/h3-7,9-10H,2,8H2,1H3. The van der Waals surface area contributed by atoms with Crippen molar-refractivity contribution >= 4 is 28.6 Å². The summed E-state index contributed by atoms with van der Waals surface area (Å²) in [7, 11) is 0. The Morgan fingerprint density at radius 2 is 1.95 bits per heavy atom. The molecule has 0 amide bonds. The first-order valence-corrected chi connectivity index (χ1v) is 8.63. The lowest BCUT2D eigenvalue weighted by atomic mass is 10.2. The predicted molar refractivity (Wildman–Crippen MR) is 88.4 cm³/mol. The quantitative estimate of drug-likeness (QED) is 0.663. The Hall–Kier alpha value is -2.05. The molecular formula is C16H14N2O2S2. The Labute approximate surface area is 136 Å². The monoisotopic (exact) mass is 330 g/mol. The molecule has 3 rings (SSSR count). The number of ether oxygens (including phenoxy) is 1. The van der Waals surface area contributed by atoms with E-state index in [1.165, 1.54) is 16.9 Å². The number of nitrogens with zero attached hydrogens (tertiary/aromatic N) is 2. The molecule has 0 bridgehead atoms. The highest BCUT2D eigenvalue weighted by Crippen LogP contribution is 2.26. The van der Waals surface area contributed by atoms with Crippen LogP contribution in [0.15, 0.2) is 41.1 Å². The molecule has 0 saturated heterocycles. The number of hydrogen-bond donors (Lipinski definition) is 0. The van der Waals surface area contributed by atoms with Gasteiger partial charge < -0.3 is 4.74 Å². The number of carbonyl (C=O) groups excluding carboxylic acids is 1. The lowest BCUT2D eigenvalue weighted by Gasteiger charge is -1.96. The largest absolute Gasteiger partial charge is 0.461 e. The van der Waals surface area contributed by atoms with E-state index >= 15 is 0 Å². The molecule has 0 N–H and O–H groups in total. The van der Waals surface area contributed by atoms with Gasteiger partial charge in [-0.05, 0) is 12.5 Å².